The number of hydrogen-bond donors (Lipinski definition) is 1. The molecule has 0 radical (unpaired) electrons. The largest absolute Gasteiger partial charge is 0.497 e. The number of aromatic nitrogens is 2. The quantitative estimate of drug-likeness (QED) is 0.323. The summed E-state index contributed by atoms with van der Waals surface area (Å²) in [6, 6.07) is 12.6. The molecule has 0 saturated heterocycles. The van der Waals surface area contributed by atoms with Gasteiger partial charge in [0.25, 0.3) is 5.79 Å². The summed E-state index contributed by atoms with van der Waals surface area (Å²) in [7, 11) is 1.59. The number of aldehydes is 1. The van der Waals surface area contributed by atoms with Gasteiger partial charge in [0, 0.05) is 17.1 Å². The lowest BCUT2D eigenvalue weighted by atomic mass is 9.85. The Morgan fingerprint density at radius 1 is 1.03 bits per heavy atom. The van der Waals surface area contributed by atoms with Crippen molar-refractivity contribution < 1.29 is 24.2 Å². The van der Waals surface area contributed by atoms with Crippen LogP contribution in [0.4, 0.5) is 0 Å². The number of ether oxygens (including phenoxy) is 2. The predicted octanol–water partition coefficient (Wildman–Crippen LogP) is 5.81. The van der Waals surface area contributed by atoms with E-state index in [-0.39, 0.29) is 0 Å². The van der Waals surface area contributed by atoms with E-state index in [2.05, 4.69) is 8.75 Å². The summed E-state index contributed by atoms with van der Waals surface area (Å²) in [5.41, 5.74) is 3.83. The van der Waals surface area contributed by atoms with Crippen LogP contribution in [0.2, 0.25) is 0 Å². The minimum atomic E-state index is -1.78. The fourth-order valence-corrected chi connectivity index (χ4v) is 6.17. The molecular weight excluding hydrogens is 488 g/mol. The van der Waals surface area contributed by atoms with Crippen LogP contribution in [-0.2, 0) is 20.1 Å². The maximum absolute atomic E-state index is 13.0. The molecule has 7 nitrogen and oxygen atoms in total. The van der Waals surface area contributed by atoms with Crippen molar-refractivity contribution >= 4 is 40.6 Å². The number of carbonyl (C=O) groups excluding carboxylic acids is 2. The summed E-state index contributed by atoms with van der Waals surface area (Å²) in [4.78, 5) is 23.1. The summed E-state index contributed by atoms with van der Waals surface area (Å²) < 4.78 is 19.4. The Labute approximate surface area is 220 Å². The van der Waals surface area contributed by atoms with Crippen molar-refractivity contribution in [2.75, 3.05) is 7.11 Å². The van der Waals surface area contributed by atoms with Crippen LogP contribution in [-0.4, -0.2) is 33.2 Å². The fourth-order valence-electron chi connectivity index (χ4n) is 5.66. The second-order valence-electron chi connectivity index (χ2n) is 10.1. The minimum absolute atomic E-state index is 0.417. The van der Waals surface area contributed by atoms with E-state index in [0.717, 1.165) is 54.7 Å². The van der Waals surface area contributed by atoms with Crippen LogP contribution in [0.25, 0.3) is 16.6 Å². The van der Waals surface area contributed by atoms with Crippen LogP contribution < -0.4 is 4.74 Å². The molecule has 2 aliphatic carbocycles. The maximum Gasteiger partial charge on any atom is 0.341 e. The van der Waals surface area contributed by atoms with Gasteiger partial charge in [-0.05, 0) is 67.1 Å². The molecule has 1 unspecified atom stereocenters. The van der Waals surface area contributed by atoms with E-state index in [9.17, 15) is 14.7 Å². The molecule has 2 saturated carbocycles. The van der Waals surface area contributed by atoms with Crippen molar-refractivity contribution in [3.8, 4) is 5.75 Å². The molecule has 194 valence electrons. The molecule has 1 aliphatic heterocycles. The van der Waals surface area contributed by atoms with Crippen molar-refractivity contribution in [1.82, 2.24) is 8.75 Å². The number of nitrogens with zero attached hydrogens (tertiary/aromatic N) is 2. The van der Waals surface area contributed by atoms with E-state index in [1.165, 1.54) is 25.7 Å². The Bertz CT molecular complexity index is 1290. The summed E-state index contributed by atoms with van der Waals surface area (Å²) in [6.45, 7) is 0. The van der Waals surface area contributed by atoms with Gasteiger partial charge in [-0.25, -0.2) is 4.79 Å². The van der Waals surface area contributed by atoms with Crippen LogP contribution in [0.5, 0.6) is 5.75 Å². The first-order valence-corrected chi connectivity index (χ1v) is 13.8. The molecule has 3 aromatic rings. The second-order valence-corrected chi connectivity index (χ2v) is 10.6. The summed E-state index contributed by atoms with van der Waals surface area (Å²) in [5, 5.41) is 11.7. The molecule has 0 spiro atoms. The Kier molecular flexibility index (Phi) is 7.67. The number of rotatable bonds is 6. The number of cyclic esters (lactones) is 1. The van der Waals surface area contributed by atoms with E-state index >= 15 is 0 Å². The summed E-state index contributed by atoms with van der Waals surface area (Å²) >= 11 is 1.14. The molecule has 0 bridgehead atoms. The molecule has 2 aromatic carbocycles. The molecule has 37 heavy (non-hydrogen) atoms. The van der Waals surface area contributed by atoms with Gasteiger partial charge in [0.05, 0.1) is 24.4 Å². The monoisotopic (exact) mass is 520 g/mol. The number of methoxy groups -OCH3 is 1. The van der Waals surface area contributed by atoms with Gasteiger partial charge < -0.3 is 19.4 Å². The predicted molar refractivity (Wildman–Crippen MR) is 142 cm³/mol. The van der Waals surface area contributed by atoms with Crippen molar-refractivity contribution in [2.24, 2.45) is 11.8 Å². The van der Waals surface area contributed by atoms with Crippen LogP contribution >= 0.6 is 11.7 Å². The van der Waals surface area contributed by atoms with Gasteiger partial charge >= 0.3 is 5.97 Å². The van der Waals surface area contributed by atoms with Gasteiger partial charge in [-0.15, -0.1) is 0 Å². The molecule has 1 N–H and O–H groups in total. The van der Waals surface area contributed by atoms with Gasteiger partial charge in [0.2, 0.25) is 0 Å². The lowest BCUT2D eigenvalue weighted by molar-refractivity contribution is -0.185. The van der Waals surface area contributed by atoms with Crippen LogP contribution in [0, 0.1) is 11.8 Å². The summed E-state index contributed by atoms with van der Waals surface area (Å²) in [5.74, 6) is -0.770. The zero-order valence-corrected chi connectivity index (χ0v) is 21.8. The van der Waals surface area contributed by atoms with Crippen LogP contribution in [0.3, 0.4) is 0 Å². The number of fused-ring (bicyclic) bond motifs is 1. The highest BCUT2D eigenvalue weighted by Crippen LogP contribution is 2.48. The Balaban J connectivity index is 0.000000348. The van der Waals surface area contributed by atoms with Crippen molar-refractivity contribution in [3.05, 3.63) is 59.2 Å². The zero-order valence-electron chi connectivity index (χ0n) is 21.0. The average molecular weight is 521 g/mol. The SMILES string of the molecule is COc1ccc(C2(O)OC(=O)C(c3ccc4nsnc4c3)=C2CC2CCCC2)cc1.O=CC1CCCC1. The molecule has 1 atom stereocenters. The first-order valence-electron chi connectivity index (χ1n) is 13.0. The minimum Gasteiger partial charge on any atom is -0.497 e. The third-order valence-electron chi connectivity index (χ3n) is 7.74. The van der Waals surface area contributed by atoms with E-state index in [1.807, 2.05) is 18.2 Å². The Morgan fingerprint density at radius 2 is 1.70 bits per heavy atom. The Morgan fingerprint density at radius 3 is 2.35 bits per heavy atom. The first kappa shape index (κ1) is 25.5. The Hall–Kier alpha value is -3.10. The topological polar surface area (TPSA) is 98.6 Å². The smallest absolute Gasteiger partial charge is 0.341 e. The molecule has 0 amide bonds. The van der Waals surface area contributed by atoms with Crippen molar-refractivity contribution in [1.29, 1.82) is 0 Å². The molecular formula is C29H32N2O5S. The summed E-state index contributed by atoms with van der Waals surface area (Å²) in [6.07, 6.45) is 11.1. The highest BCUT2D eigenvalue weighted by Gasteiger charge is 2.48. The molecule has 3 aliphatic rings. The van der Waals surface area contributed by atoms with E-state index < -0.39 is 11.8 Å². The van der Waals surface area contributed by atoms with Crippen molar-refractivity contribution in [3.63, 3.8) is 0 Å². The third-order valence-corrected chi connectivity index (χ3v) is 8.30. The first-order chi connectivity index (χ1) is 18.0. The number of benzene rings is 2. The average Bonchev–Trinajstić information content (AvgIpc) is 3.73. The van der Waals surface area contributed by atoms with Gasteiger partial charge in [-0.2, -0.15) is 8.75 Å². The van der Waals surface area contributed by atoms with Gasteiger partial charge in [0.15, 0.2) is 0 Å². The van der Waals surface area contributed by atoms with Gasteiger partial charge in [0.1, 0.15) is 23.1 Å². The molecule has 2 fully saturated rings. The van der Waals surface area contributed by atoms with Crippen molar-refractivity contribution in [2.45, 2.75) is 63.6 Å². The maximum atomic E-state index is 13.0. The number of aliphatic hydroxyl groups is 1. The number of hydrogen-bond acceptors (Lipinski definition) is 8. The fraction of sp³-hybridized carbons (Fsp3) is 0.448. The molecule has 6 rings (SSSR count). The lowest BCUT2D eigenvalue weighted by Gasteiger charge is -2.27. The molecule has 8 heteroatoms. The zero-order chi connectivity index (χ0) is 25.8. The number of esters is 1. The standard InChI is InChI=1S/C23H22N2O4S.C6H10O/c1-28-17-9-7-16(8-10-17)23(27)18(12-14-4-2-3-5-14)21(22(26)29-23)15-6-11-19-20(13-15)25-30-24-19;7-5-6-3-1-2-4-6/h6-11,13-14,27H,2-5,12H2,1H3;5-6H,1-4H2. The third kappa shape index (κ3) is 5.31. The van der Waals surface area contributed by atoms with E-state index in [0.29, 0.717) is 46.3 Å². The normalized spacial score (nSPS) is 22.3. The lowest BCUT2D eigenvalue weighted by Crippen LogP contribution is -2.29. The van der Waals surface area contributed by atoms with Crippen LogP contribution in [0.15, 0.2) is 48.0 Å². The highest BCUT2D eigenvalue weighted by atomic mass is 32.1. The number of carbonyl (C=O) groups is 2. The van der Waals surface area contributed by atoms with Crippen LogP contribution in [0.1, 0.15) is 68.9 Å². The molecule has 2 heterocycles. The van der Waals surface area contributed by atoms with Gasteiger partial charge in [-0.1, -0.05) is 44.6 Å². The molecule has 1 aromatic heterocycles. The van der Waals surface area contributed by atoms with E-state index in [1.54, 1.807) is 31.4 Å². The second kappa shape index (κ2) is 11.1. The van der Waals surface area contributed by atoms with E-state index in [4.69, 9.17) is 9.47 Å². The van der Waals surface area contributed by atoms with Gasteiger partial charge in [-0.3, -0.25) is 0 Å². The highest BCUT2D eigenvalue weighted by molar-refractivity contribution is 7.00.